The Morgan fingerprint density at radius 3 is 3.15 bits per heavy atom. The molecule has 0 aromatic carbocycles. The Morgan fingerprint density at radius 2 is 2.54 bits per heavy atom. The van der Waals surface area contributed by atoms with Crippen molar-refractivity contribution in [3.63, 3.8) is 0 Å². The summed E-state index contributed by atoms with van der Waals surface area (Å²) >= 11 is 0. The maximum atomic E-state index is 11.1. The highest BCUT2D eigenvalue weighted by Crippen LogP contribution is 2.03. The van der Waals surface area contributed by atoms with Gasteiger partial charge in [-0.2, -0.15) is 0 Å². The average Bonchev–Trinajstić information content (AvgIpc) is 2.54. The minimum absolute atomic E-state index is 0.199. The number of hydrogen-bond acceptors (Lipinski definition) is 5. The molecule has 5 nitrogen and oxygen atoms in total. The first kappa shape index (κ1) is 9.73. The Balaban J connectivity index is 2.62. The second-order valence-corrected chi connectivity index (χ2v) is 2.39. The van der Waals surface area contributed by atoms with Crippen molar-refractivity contribution in [3.05, 3.63) is 17.8 Å². The molecule has 5 heteroatoms. The first-order valence-electron chi connectivity index (χ1n) is 4.09. The van der Waals surface area contributed by atoms with Crippen LogP contribution in [0.2, 0.25) is 0 Å². The summed E-state index contributed by atoms with van der Waals surface area (Å²) in [6.45, 7) is 2.51. The van der Waals surface area contributed by atoms with E-state index in [0.717, 1.165) is 0 Å². The van der Waals surface area contributed by atoms with Gasteiger partial charge in [0, 0.05) is 13.0 Å². The van der Waals surface area contributed by atoms with Crippen LogP contribution in [0.4, 0.5) is 0 Å². The number of carbonyl (C=O) groups is 1. The monoisotopic (exact) mass is 184 g/mol. The van der Waals surface area contributed by atoms with E-state index in [-0.39, 0.29) is 5.69 Å². The molecule has 1 aromatic heterocycles. The zero-order valence-corrected chi connectivity index (χ0v) is 7.45. The lowest BCUT2D eigenvalue weighted by molar-refractivity contribution is 0.0519. The van der Waals surface area contributed by atoms with Crippen LogP contribution in [0.15, 0.2) is 10.7 Å². The van der Waals surface area contributed by atoms with Gasteiger partial charge in [-0.3, -0.25) is 0 Å². The van der Waals surface area contributed by atoms with Gasteiger partial charge >= 0.3 is 5.97 Å². The third-order valence-electron chi connectivity index (χ3n) is 1.39. The molecule has 2 N–H and O–H groups in total. The van der Waals surface area contributed by atoms with Gasteiger partial charge in [-0.15, -0.1) is 0 Å². The molecular weight excluding hydrogens is 172 g/mol. The fourth-order valence-electron chi connectivity index (χ4n) is 0.848. The van der Waals surface area contributed by atoms with Crippen LogP contribution in [-0.2, 0) is 11.2 Å². The predicted octanol–water partition coefficient (Wildman–Crippen LogP) is 0.353. The van der Waals surface area contributed by atoms with Crippen LogP contribution in [0.25, 0.3) is 0 Å². The molecule has 0 bridgehead atoms. The Kier molecular flexibility index (Phi) is 3.45. The van der Waals surface area contributed by atoms with E-state index >= 15 is 0 Å². The molecule has 0 aliphatic rings. The minimum Gasteiger partial charge on any atom is -0.461 e. The second kappa shape index (κ2) is 4.61. The fraction of sp³-hybridized carbons (Fsp3) is 0.500. The molecule has 0 saturated heterocycles. The Labute approximate surface area is 75.9 Å². The maximum absolute atomic E-state index is 11.1. The highest BCUT2D eigenvalue weighted by Gasteiger charge is 2.11. The van der Waals surface area contributed by atoms with E-state index in [4.69, 9.17) is 14.9 Å². The van der Waals surface area contributed by atoms with E-state index in [9.17, 15) is 4.79 Å². The second-order valence-electron chi connectivity index (χ2n) is 2.39. The van der Waals surface area contributed by atoms with Crippen molar-refractivity contribution in [1.82, 2.24) is 4.98 Å². The lowest BCUT2D eigenvalue weighted by atomic mass is 10.4. The molecule has 0 radical (unpaired) electrons. The van der Waals surface area contributed by atoms with Crippen molar-refractivity contribution in [3.8, 4) is 0 Å². The Bertz CT molecular complexity index is 283. The number of nitrogens with zero attached hydrogens (tertiary/aromatic N) is 1. The summed E-state index contributed by atoms with van der Waals surface area (Å²) < 4.78 is 9.71. The zero-order chi connectivity index (χ0) is 9.68. The van der Waals surface area contributed by atoms with Gasteiger partial charge in [-0.1, -0.05) is 0 Å². The molecule has 0 unspecified atom stereocenters. The Morgan fingerprint density at radius 1 is 1.77 bits per heavy atom. The molecular formula is C8H12N2O3. The maximum Gasteiger partial charge on any atom is 0.360 e. The van der Waals surface area contributed by atoms with E-state index in [1.165, 1.54) is 6.26 Å². The molecule has 72 valence electrons. The molecule has 0 amide bonds. The van der Waals surface area contributed by atoms with Crippen molar-refractivity contribution in [1.29, 1.82) is 0 Å². The van der Waals surface area contributed by atoms with Crippen LogP contribution in [-0.4, -0.2) is 24.1 Å². The van der Waals surface area contributed by atoms with Crippen LogP contribution >= 0.6 is 0 Å². The van der Waals surface area contributed by atoms with Crippen LogP contribution in [0.3, 0.4) is 0 Å². The van der Waals surface area contributed by atoms with Crippen LogP contribution in [0, 0.1) is 0 Å². The third kappa shape index (κ3) is 2.55. The SMILES string of the molecule is CCOC(=O)c1coc(CCN)n1. The van der Waals surface area contributed by atoms with Crippen molar-refractivity contribution in [2.24, 2.45) is 5.73 Å². The topological polar surface area (TPSA) is 78.3 Å². The number of rotatable bonds is 4. The summed E-state index contributed by atoms with van der Waals surface area (Å²) in [6, 6.07) is 0. The molecule has 1 heterocycles. The third-order valence-corrected chi connectivity index (χ3v) is 1.39. The number of esters is 1. The van der Waals surface area contributed by atoms with Crippen LogP contribution in [0.5, 0.6) is 0 Å². The molecule has 0 fully saturated rings. The van der Waals surface area contributed by atoms with E-state index in [2.05, 4.69) is 4.98 Å². The van der Waals surface area contributed by atoms with Gasteiger partial charge in [-0.05, 0) is 6.92 Å². The van der Waals surface area contributed by atoms with Gasteiger partial charge in [0.15, 0.2) is 11.6 Å². The van der Waals surface area contributed by atoms with E-state index in [0.29, 0.717) is 25.5 Å². The molecule has 0 aliphatic heterocycles. The Hall–Kier alpha value is -1.36. The molecule has 0 aliphatic carbocycles. The number of nitrogens with two attached hydrogens (primary N) is 1. The first-order chi connectivity index (χ1) is 6.27. The average molecular weight is 184 g/mol. The van der Waals surface area contributed by atoms with Crippen LogP contribution in [0.1, 0.15) is 23.3 Å². The minimum atomic E-state index is -0.463. The lowest BCUT2D eigenvalue weighted by Crippen LogP contribution is -2.06. The molecule has 0 spiro atoms. The van der Waals surface area contributed by atoms with E-state index in [1.54, 1.807) is 6.92 Å². The predicted molar refractivity (Wildman–Crippen MR) is 45.2 cm³/mol. The van der Waals surface area contributed by atoms with Gasteiger partial charge in [-0.25, -0.2) is 9.78 Å². The van der Waals surface area contributed by atoms with Gasteiger partial charge < -0.3 is 14.9 Å². The number of carbonyl (C=O) groups excluding carboxylic acids is 1. The fourth-order valence-corrected chi connectivity index (χ4v) is 0.848. The summed E-state index contributed by atoms with van der Waals surface area (Å²) in [7, 11) is 0. The summed E-state index contributed by atoms with van der Waals surface area (Å²) in [4.78, 5) is 15.0. The van der Waals surface area contributed by atoms with Crippen molar-refractivity contribution < 1.29 is 13.9 Å². The lowest BCUT2D eigenvalue weighted by Gasteiger charge is -1.94. The normalized spacial score (nSPS) is 10.0. The quantitative estimate of drug-likeness (QED) is 0.683. The highest BCUT2D eigenvalue weighted by atomic mass is 16.5. The summed E-state index contributed by atoms with van der Waals surface area (Å²) in [5, 5.41) is 0. The largest absolute Gasteiger partial charge is 0.461 e. The van der Waals surface area contributed by atoms with Crippen LogP contribution < -0.4 is 5.73 Å². The molecule has 1 aromatic rings. The first-order valence-corrected chi connectivity index (χ1v) is 4.09. The van der Waals surface area contributed by atoms with Gasteiger partial charge in [0.05, 0.1) is 6.61 Å². The van der Waals surface area contributed by atoms with Crippen molar-refractivity contribution >= 4 is 5.97 Å². The zero-order valence-electron chi connectivity index (χ0n) is 7.45. The number of aromatic nitrogens is 1. The smallest absolute Gasteiger partial charge is 0.360 e. The standard InChI is InChI=1S/C8H12N2O3/c1-2-12-8(11)6-5-13-7(10-6)3-4-9/h5H,2-4,9H2,1H3. The molecule has 1 rings (SSSR count). The molecule has 13 heavy (non-hydrogen) atoms. The number of ether oxygens (including phenoxy) is 1. The number of hydrogen-bond donors (Lipinski definition) is 1. The van der Waals surface area contributed by atoms with E-state index in [1.807, 2.05) is 0 Å². The molecule has 0 atom stereocenters. The van der Waals surface area contributed by atoms with E-state index < -0.39 is 5.97 Å². The van der Waals surface area contributed by atoms with Gasteiger partial charge in [0.2, 0.25) is 0 Å². The number of oxazole rings is 1. The molecule has 0 saturated carbocycles. The highest BCUT2D eigenvalue weighted by molar-refractivity contribution is 5.86. The van der Waals surface area contributed by atoms with Gasteiger partial charge in [0.25, 0.3) is 0 Å². The van der Waals surface area contributed by atoms with Crippen molar-refractivity contribution in [2.45, 2.75) is 13.3 Å². The van der Waals surface area contributed by atoms with Crippen molar-refractivity contribution in [2.75, 3.05) is 13.2 Å². The summed E-state index contributed by atoms with van der Waals surface area (Å²) in [5.41, 5.74) is 5.49. The summed E-state index contributed by atoms with van der Waals surface area (Å²) in [5.74, 6) is 0.0000690. The van der Waals surface area contributed by atoms with Gasteiger partial charge in [0.1, 0.15) is 6.26 Å². The summed E-state index contributed by atoms with van der Waals surface area (Å²) in [6.07, 6.45) is 1.81.